The van der Waals surface area contributed by atoms with Gasteiger partial charge in [0, 0.05) is 18.3 Å². The van der Waals surface area contributed by atoms with Crippen LogP contribution in [0, 0.1) is 40.4 Å². The molecule has 0 saturated heterocycles. The van der Waals surface area contributed by atoms with Gasteiger partial charge < -0.3 is 4.74 Å². The molecule has 0 N–H and O–H groups in total. The molecule has 0 aromatic carbocycles. The van der Waals surface area contributed by atoms with E-state index in [-0.39, 0.29) is 17.5 Å². The van der Waals surface area contributed by atoms with E-state index in [4.69, 9.17) is 4.74 Å². The monoisotopic (exact) mass is 360 g/mol. The van der Waals surface area contributed by atoms with Gasteiger partial charge >= 0.3 is 5.97 Å². The van der Waals surface area contributed by atoms with Crippen molar-refractivity contribution in [1.82, 2.24) is 0 Å². The first kappa shape index (κ1) is 18.5. The molecule has 0 radical (unpaired) electrons. The molecular weight excluding hydrogens is 324 g/mol. The summed E-state index contributed by atoms with van der Waals surface area (Å²) in [6.07, 6.45) is 11.0. The number of hydrogen-bond donors (Lipinski definition) is 0. The molecule has 8 atom stereocenters. The van der Waals surface area contributed by atoms with E-state index in [2.05, 4.69) is 13.8 Å². The van der Waals surface area contributed by atoms with Crippen LogP contribution < -0.4 is 0 Å². The summed E-state index contributed by atoms with van der Waals surface area (Å²) >= 11 is 0. The maximum absolute atomic E-state index is 11.9. The summed E-state index contributed by atoms with van der Waals surface area (Å²) in [5.41, 5.74) is 0.613. The van der Waals surface area contributed by atoms with Crippen molar-refractivity contribution in [3.8, 4) is 0 Å². The molecule has 146 valence electrons. The average Bonchev–Trinajstić information content (AvgIpc) is 2.90. The van der Waals surface area contributed by atoms with Gasteiger partial charge in [0.15, 0.2) is 0 Å². The molecule has 0 aromatic heterocycles. The third-order valence-corrected chi connectivity index (χ3v) is 9.46. The van der Waals surface area contributed by atoms with E-state index < -0.39 is 0 Å². The Kier molecular flexibility index (Phi) is 4.51. The Hall–Kier alpha value is -0.860. The quantitative estimate of drug-likeness (QED) is 0.638. The molecule has 3 nitrogen and oxygen atoms in total. The van der Waals surface area contributed by atoms with Crippen LogP contribution in [0.2, 0.25) is 0 Å². The molecule has 4 aliphatic carbocycles. The van der Waals surface area contributed by atoms with Gasteiger partial charge in [-0.1, -0.05) is 13.8 Å². The number of hydrogen-bond acceptors (Lipinski definition) is 3. The van der Waals surface area contributed by atoms with E-state index in [0.717, 1.165) is 37.0 Å². The van der Waals surface area contributed by atoms with E-state index in [1.54, 1.807) is 13.8 Å². The number of carbonyl (C=O) groups is 2. The van der Waals surface area contributed by atoms with Crippen LogP contribution in [-0.4, -0.2) is 17.9 Å². The lowest BCUT2D eigenvalue weighted by atomic mass is 9.44. The van der Waals surface area contributed by atoms with Crippen LogP contribution in [0.5, 0.6) is 0 Å². The highest BCUT2D eigenvalue weighted by Gasteiger charge is 2.61. The van der Waals surface area contributed by atoms with Crippen molar-refractivity contribution < 1.29 is 14.3 Å². The second-order valence-electron chi connectivity index (χ2n) is 10.5. The van der Waals surface area contributed by atoms with Crippen molar-refractivity contribution in [3.05, 3.63) is 0 Å². The zero-order chi connectivity index (χ0) is 18.7. The normalized spacial score (nSPS) is 50.3. The highest BCUT2D eigenvalue weighted by Crippen LogP contribution is 2.66. The molecule has 0 unspecified atom stereocenters. The molecule has 0 heterocycles. The fraction of sp³-hybridized carbons (Fsp3) is 0.913. The third-order valence-electron chi connectivity index (χ3n) is 9.46. The molecule has 0 bridgehead atoms. The second-order valence-corrected chi connectivity index (χ2v) is 10.5. The zero-order valence-corrected chi connectivity index (χ0v) is 17.1. The van der Waals surface area contributed by atoms with E-state index in [1.807, 2.05) is 0 Å². The van der Waals surface area contributed by atoms with E-state index >= 15 is 0 Å². The molecule has 0 spiro atoms. The Bertz CT molecular complexity index is 598. The number of ketones is 1. The summed E-state index contributed by atoms with van der Waals surface area (Å²) in [4.78, 5) is 23.5. The highest BCUT2D eigenvalue weighted by atomic mass is 16.5. The van der Waals surface area contributed by atoms with Gasteiger partial charge in [-0.2, -0.15) is 0 Å². The predicted octanol–water partition coefficient (Wildman–Crippen LogP) is 5.17. The first-order valence-electron chi connectivity index (χ1n) is 10.9. The molecule has 4 rings (SSSR count). The largest absolute Gasteiger partial charge is 0.462 e. The fourth-order valence-corrected chi connectivity index (χ4v) is 7.97. The predicted molar refractivity (Wildman–Crippen MR) is 101 cm³/mol. The van der Waals surface area contributed by atoms with Gasteiger partial charge in [0.05, 0.1) is 0 Å². The SMILES string of the molecule is CC(=O)O[C@@H]1CC[C@@H]2[C@H]3CC[C@H]4C[C@@H](C(C)=O)CC[C@]4(C)[C@@H]3CC[C@@]21C. The molecule has 0 amide bonds. The van der Waals surface area contributed by atoms with Gasteiger partial charge in [-0.25, -0.2) is 0 Å². The molecule has 0 aromatic rings. The number of Topliss-reactive ketones (excluding diaryl/α,β-unsaturated/α-hetero) is 1. The summed E-state index contributed by atoms with van der Waals surface area (Å²) in [6, 6.07) is 0. The van der Waals surface area contributed by atoms with Crippen molar-refractivity contribution in [2.24, 2.45) is 40.4 Å². The maximum Gasteiger partial charge on any atom is 0.302 e. The fourth-order valence-electron chi connectivity index (χ4n) is 7.97. The third kappa shape index (κ3) is 2.67. The number of carbonyl (C=O) groups excluding carboxylic acids is 2. The van der Waals surface area contributed by atoms with Crippen LogP contribution in [0.15, 0.2) is 0 Å². The molecule has 4 saturated carbocycles. The van der Waals surface area contributed by atoms with Crippen molar-refractivity contribution in [1.29, 1.82) is 0 Å². The van der Waals surface area contributed by atoms with Crippen LogP contribution in [-0.2, 0) is 14.3 Å². The standard InChI is InChI=1S/C23H36O3/c1-14(24)16-9-11-22(3)17(13-16)5-6-18-19-7-8-21(26-15(2)25)23(19,4)12-10-20(18)22/h16-21H,5-13H2,1-4H3/t16-,17-,18+,19+,20+,21+,22-,23-/m0/s1. The van der Waals surface area contributed by atoms with Gasteiger partial charge in [0.2, 0.25) is 0 Å². The first-order chi connectivity index (χ1) is 12.3. The molecule has 4 fully saturated rings. The Labute approximate surface area is 158 Å². The van der Waals surface area contributed by atoms with Crippen LogP contribution in [0.4, 0.5) is 0 Å². The van der Waals surface area contributed by atoms with E-state index in [9.17, 15) is 9.59 Å². The first-order valence-corrected chi connectivity index (χ1v) is 10.9. The lowest BCUT2D eigenvalue weighted by Gasteiger charge is -2.60. The van der Waals surface area contributed by atoms with E-state index in [0.29, 0.717) is 23.0 Å². The topological polar surface area (TPSA) is 43.4 Å². The minimum absolute atomic E-state index is 0.114. The van der Waals surface area contributed by atoms with Crippen molar-refractivity contribution in [3.63, 3.8) is 0 Å². The molecular formula is C23H36O3. The Morgan fingerprint density at radius 3 is 2.23 bits per heavy atom. The summed E-state index contributed by atoms with van der Waals surface area (Å²) < 4.78 is 5.76. The minimum Gasteiger partial charge on any atom is -0.462 e. The number of fused-ring (bicyclic) bond motifs is 5. The van der Waals surface area contributed by atoms with Crippen LogP contribution >= 0.6 is 0 Å². The summed E-state index contributed by atoms with van der Waals surface area (Å²) in [5, 5.41) is 0. The van der Waals surface area contributed by atoms with Gasteiger partial charge in [0.25, 0.3) is 0 Å². The Morgan fingerprint density at radius 2 is 1.54 bits per heavy atom. The van der Waals surface area contributed by atoms with Gasteiger partial charge in [-0.15, -0.1) is 0 Å². The zero-order valence-electron chi connectivity index (χ0n) is 17.1. The Balaban J connectivity index is 1.55. The van der Waals surface area contributed by atoms with Crippen LogP contribution in [0.1, 0.15) is 85.5 Å². The van der Waals surface area contributed by atoms with Crippen LogP contribution in [0.25, 0.3) is 0 Å². The molecule has 4 aliphatic rings. The van der Waals surface area contributed by atoms with E-state index in [1.165, 1.54) is 38.5 Å². The summed E-state index contributed by atoms with van der Waals surface area (Å²) in [7, 11) is 0. The molecule has 26 heavy (non-hydrogen) atoms. The summed E-state index contributed by atoms with van der Waals surface area (Å²) in [6.45, 7) is 8.29. The van der Waals surface area contributed by atoms with Gasteiger partial charge in [-0.3, -0.25) is 9.59 Å². The number of rotatable bonds is 2. The van der Waals surface area contributed by atoms with Gasteiger partial charge in [0.1, 0.15) is 11.9 Å². The average molecular weight is 361 g/mol. The number of ether oxygens (including phenoxy) is 1. The minimum atomic E-state index is -0.114. The smallest absolute Gasteiger partial charge is 0.302 e. The Morgan fingerprint density at radius 1 is 0.846 bits per heavy atom. The van der Waals surface area contributed by atoms with Crippen molar-refractivity contribution in [2.75, 3.05) is 0 Å². The van der Waals surface area contributed by atoms with Gasteiger partial charge in [-0.05, 0) is 93.8 Å². The number of esters is 1. The lowest BCUT2D eigenvalue weighted by Crippen LogP contribution is -2.54. The molecule has 3 heteroatoms. The second kappa shape index (κ2) is 6.34. The summed E-state index contributed by atoms with van der Waals surface area (Å²) in [5.74, 6) is 3.67. The maximum atomic E-state index is 11.9. The highest BCUT2D eigenvalue weighted by molar-refractivity contribution is 5.78. The lowest BCUT2D eigenvalue weighted by molar-refractivity contribution is -0.162. The van der Waals surface area contributed by atoms with Crippen LogP contribution in [0.3, 0.4) is 0 Å². The van der Waals surface area contributed by atoms with Crippen molar-refractivity contribution in [2.45, 2.75) is 91.6 Å². The van der Waals surface area contributed by atoms with Crippen molar-refractivity contribution >= 4 is 11.8 Å². The molecule has 0 aliphatic heterocycles.